The predicted molar refractivity (Wildman–Crippen MR) is 81.2 cm³/mol. The fourth-order valence-corrected chi connectivity index (χ4v) is 1.81. The first-order chi connectivity index (χ1) is 10.4. The van der Waals surface area contributed by atoms with Crippen molar-refractivity contribution in [3.05, 3.63) is 29.8 Å². The van der Waals surface area contributed by atoms with E-state index in [2.05, 4.69) is 15.6 Å². The summed E-state index contributed by atoms with van der Waals surface area (Å²) in [4.78, 5) is 4.03. The van der Waals surface area contributed by atoms with Gasteiger partial charge in [0, 0.05) is 13.6 Å². The molecule has 0 bridgehead atoms. The number of nitrogens with one attached hydrogen (secondary N) is 2. The molecule has 0 spiro atoms. The number of halogens is 3. The van der Waals surface area contributed by atoms with Crippen LogP contribution in [-0.4, -0.2) is 32.2 Å². The molecule has 0 aliphatic heterocycles. The molecule has 124 valence electrons. The van der Waals surface area contributed by atoms with Crippen molar-refractivity contribution in [2.24, 2.45) is 4.99 Å². The van der Waals surface area contributed by atoms with Gasteiger partial charge in [0.1, 0.15) is 11.9 Å². The summed E-state index contributed by atoms with van der Waals surface area (Å²) in [5.74, 6) is 0.843. The van der Waals surface area contributed by atoms with Crippen molar-refractivity contribution in [3.8, 4) is 5.75 Å². The number of aliphatic imine (C=N–C) groups is 1. The second-order valence-electron chi connectivity index (χ2n) is 4.66. The highest BCUT2D eigenvalue weighted by Crippen LogP contribution is 2.31. The van der Waals surface area contributed by atoms with E-state index in [1.54, 1.807) is 7.05 Å². The van der Waals surface area contributed by atoms with E-state index < -0.39 is 11.7 Å². The Balaban J connectivity index is 2.66. The smallest absolute Gasteiger partial charge is 0.416 e. The molecule has 1 aromatic carbocycles. The molecule has 1 rings (SSSR count). The van der Waals surface area contributed by atoms with E-state index in [4.69, 9.17) is 4.74 Å². The number of alkyl halides is 3. The molecule has 0 radical (unpaired) electrons. The van der Waals surface area contributed by atoms with Crippen LogP contribution in [0.1, 0.15) is 25.8 Å². The molecular weight excluding hydrogens is 295 g/mol. The highest BCUT2D eigenvalue weighted by atomic mass is 19.4. The fourth-order valence-electron chi connectivity index (χ4n) is 1.81. The Hall–Kier alpha value is -1.92. The normalized spacial score (nSPS) is 13.6. The molecule has 22 heavy (non-hydrogen) atoms. The van der Waals surface area contributed by atoms with E-state index >= 15 is 0 Å². The number of rotatable bonds is 6. The van der Waals surface area contributed by atoms with E-state index in [-0.39, 0.29) is 11.9 Å². The predicted octanol–water partition coefficient (Wildman–Crippen LogP) is 3.05. The molecular formula is C15H22F3N3O. The average Bonchev–Trinajstić information content (AvgIpc) is 2.49. The van der Waals surface area contributed by atoms with Crippen LogP contribution >= 0.6 is 0 Å². The molecule has 2 N–H and O–H groups in total. The van der Waals surface area contributed by atoms with Crippen molar-refractivity contribution < 1.29 is 17.9 Å². The van der Waals surface area contributed by atoms with Crippen molar-refractivity contribution in [2.45, 2.75) is 32.5 Å². The van der Waals surface area contributed by atoms with E-state index in [0.717, 1.165) is 18.7 Å². The third kappa shape index (κ3) is 5.83. The number of ether oxygens (including phenoxy) is 1. The first-order valence-corrected chi connectivity index (χ1v) is 7.19. The maximum absolute atomic E-state index is 12.7. The summed E-state index contributed by atoms with van der Waals surface area (Å²) < 4.78 is 43.7. The minimum atomic E-state index is -4.37. The molecule has 0 aromatic heterocycles. The first-order valence-electron chi connectivity index (χ1n) is 7.19. The Labute approximate surface area is 128 Å². The largest absolute Gasteiger partial charge is 0.489 e. The van der Waals surface area contributed by atoms with Crippen LogP contribution in [0.25, 0.3) is 0 Å². The minimum absolute atomic E-state index is 0.210. The van der Waals surface area contributed by atoms with E-state index in [9.17, 15) is 13.2 Å². The molecule has 1 unspecified atom stereocenters. The third-order valence-electron chi connectivity index (χ3n) is 2.98. The van der Waals surface area contributed by atoms with Crippen LogP contribution < -0.4 is 15.4 Å². The van der Waals surface area contributed by atoms with E-state index in [1.807, 2.05) is 13.8 Å². The Morgan fingerprint density at radius 3 is 2.55 bits per heavy atom. The van der Waals surface area contributed by atoms with Gasteiger partial charge in [0.2, 0.25) is 0 Å². The molecule has 0 aliphatic carbocycles. The molecule has 4 nitrogen and oxygen atoms in total. The summed E-state index contributed by atoms with van der Waals surface area (Å²) in [6, 6.07) is 4.91. The molecule has 0 saturated carbocycles. The summed E-state index contributed by atoms with van der Waals surface area (Å²) in [7, 11) is 1.65. The second kappa shape index (κ2) is 8.51. The van der Waals surface area contributed by atoms with Crippen LogP contribution in [0.2, 0.25) is 0 Å². The Morgan fingerprint density at radius 2 is 2.00 bits per heavy atom. The molecule has 0 saturated heterocycles. The van der Waals surface area contributed by atoms with Crippen LogP contribution in [0.4, 0.5) is 13.2 Å². The maximum Gasteiger partial charge on any atom is 0.416 e. The highest BCUT2D eigenvalue weighted by Gasteiger charge is 2.30. The third-order valence-corrected chi connectivity index (χ3v) is 2.98. The van der Waals surface area contributed by atoms with Crippen LogP contribution in [-0.2, 0) is 6.18 Å². The van der Waals surface area contributed by atoms with Crippen molar-refractivity contribution in [1.29, 1.82) is 0 Å². The van der Waals surface area contributed by atoms with Gasteiger partial charge in [0.25, 0.3) is 0 Å². The van der Waals surface area contributed by atoms with E-state index in [1.165, 1.54) is 12.1 Å². The number of hydrogen-bond donors (Lipinski definition) is 2. The molecule has 1 atom stereocenters. The summed E-state index contributed by atoms with van der Waals surface area (Å²) >= 11 is 0. The number of hydrogen-bond acceptors (Lipinski definition) is 2. The number of guanidine groups is 1. The summed E-state index contributed by atoms with van der Waals surface area (Å²) in [6.07, 6.45) is -3.96. The van der Waals surface area contributed by atoms with Gasteiger partial charge in [-0.25, -0.2) is 0 Å². The van der Waals surface area contributed by atoms with Crippen molar-refractivity contribution >= 4 is 5.96 Å². The van der Waals surface area contributed by atoms with Crippen molar-refractivity contribution in [2.75, 3.05) is 20.1 Å². The molecule has 1 aromatic rings. The van der Waals surface area contributed by atoms with Crippen molar-refractivity contribution in [1.82, 2.24) is 10.6 Å². The standard InChI is InChI=1S/C15H22F3N3O/c1-4-12(10-21-14(19-3)20-5-2)22-13-8-6-7-11(9-13)15(16,17)18/h6-9,12H,4-5,10H2,1-3H3,(H2,19,20,21). The lowest BCUT2D eigenvalue weighted by atomic mass is 10.2. The van der Waals surface area contributed by atoms with E-state index in [0.29, 0.717) is 18.9 Å². The summed E-state index contributed by atoms with van der Waals surface area (Å²) in [5, 5.41) is 6.12. The lowest BCUT2D eigenvalue weighted by Crippen LogP contribution is -2.42. The Kier molecular flexibility index (Phi) is 7.01. The number of nitrogens with zero attached hydrogens (tertiary/aromatic N) is 1. The van der Waals surface area contributed by atoms with Gasteiger partial charge in [-0.2, -0.15) is 13.2 Å². The second-order valence-corrected chi connectivity index (χ2v) is 4.66. The van der Waals surface area contributed by atoms with Crippen LogP contribution in [0.3, 0.4) is 0 Å². The van der Waals surface area contributed by atoms with Crippen LogP contribution in [0.5, 0.6) is 5.75 Å². The monoisotopic (exact) mass is 317 g/mol. The maximum atomic E-state index is 12.7. The first kappa shape index (κ1) is 18.1. The fraction of sp³-hybridized carbons (Fsp3) is 0.533. The lowest BCUT2D eigenvalue weighted by Gasteiger charge is -2.20. The van der Waals surface area contributed by atoms with Gasteiger partial charge in [0.05, 0.1) is 12.1 Å². The Bertz CT molecular complexity index is 489. The van der Waals surface area contributed by atoms with Crippen LogP contribution in [0, 0.1) is 0 Å². The van der Waals surface area contributed by atoms with Gasteiger partial charge in [-0.1, -0.05) is 13.0 Å². The minimum Gasteiger partial charge on any atom is -0.489 e. The van der Waals surface area contributed by atoms with Crippen LogP contribution in [0.15, 0.2) is 29.3 Å². The zero-order chi connectivity index (χ0) is 16.6. The molecule has 0 heterocycles. The average molecular weight is 317 g/mol. The van der Waals surface area contributed by atoms with Gasteiger partial charge < -0.3 is 15.4 Å². The quantitative estimate of drug-likeness (QED) is 0.626. The van der Waals surface area contributed by atoms with Gasteiger partial charge >= 0.3 is 6.18 Å². The van der Waals surface area contributed by atoms with Crippen molar-refractivity contribution in [3.63, 3.8) is 0 Å². The number of benzene rings is 1. The van der Waals surface area contributed by atoms with Gasteiger partial charge in [0.15, 0.2) is 5.96 Å². The van der Waals surface area contributed by atoms with Gasteiger partial charge in [-0.3, -0.25) is 4.99 Å². The Morgan fingerprint density at radius 1 is 1.27 bits per heavy atom. The highest BCUT2D eigenvalue weighted by molar-refractivity contribution is 5.79. The summed E-state index contributed by atoms with van der Waals surface area (Å²) in [5.41, 5.74) is -0.712. The topological polar surface area (TPSA) is 45.7 Å². The summed E-state index contributed by atoms with van der Waals surface area (Å²) in [6.45, 7) is 5.04. The molecule has 0 aliphatic rings. The lowest BCUT2D eigenvalue weighted by molar-refractivity contribution is -0.137. The zero-order valence-electron chi connectivity index (χ0n) is 13.0. The van der Waals surface area contributed by atoms with Gasteiger partial charge in [-0.05, 0) is 31.5 Å². The molecule has 0 fully saturated rings. The molecule has 7 heteroatoms. The van der Waals surface area contributed by atoms with Gasteiger partial charge in [-0.15, -0.1) is 0 Å². The molecule has 0 amide bonds. The SMILES string of the molecule is CCNC(=NC)NCC(CC)Oc1cccc(C(F)(F)F)c1. The zero-order valence-corrected chi connectivity index (χ0v) is 13.0.